The minimum Gasteiger partial charge on any atom is -0.449 e. The molecule has 0 aliphatic rings. The number of hydrogen-bond acceptors (Lipinski definition) is 4. The molecular weight excluding hydrogens is 260 g/mol. The van der Waals surface area contributed by atoms with Crippen LogP contribution in [-0.2, 0) is 4.74 Å². The molecule has 94 valence electrons. The lowest BCUT2D eigenvalue weighted by molar-refractivity contribution is -0.383. The fourth-order valence-corrected chi connectivity index (χ4v) is 1.96. The van der Waals surface area contributed by atoms with Crippen LogP contribution in [0.2, 0.25) is 5.02 Å². The van der Waals surface area contributed by atoms with Crippen LogP contribution in [-0.4, -0.2) is 22.2 Å². The third-order valence-corrected chi connectivity index (χ3v) is 2.74. The van der Waals surface area contributed by atoms with Crippen LogP contribution in [0.15, 0.2) is 24.4 Å². The van der Waals surface area contributed by atoms with Crippen LogP contribution in [0.3, 0.4) is 0 Å². The highest BCUT2D eigenvalue weighted by Crippen LogP contribution is 2.32. The highest BCUT2D eigenvalue weighted by Gasteiger charge is 2.19. The van der Waals surface area contributed by atoms with Crippen molar-refractivity contribution in [2.75, 3.05) is 6.61 Å². The first-order valence-electron chi connectivity index (χ1n) is 5.17. The van der Waals surface area contributed by atoms with E-state index < -0.39 is 11.0 Å². The molecule has 1 aromatic carbocycles. The Kier molecular flexibility index (Phi) is 3.20. The number of rotatable bonds is 2. The summed E-state index contributed by atoms with van der Waals surface area (Å²) in [5.41, 5.74) is 0.182. The second kappa shape index (κ2) is 4.66. The van der Waals surface area contributed by atoms with Crippen LogP contribution < -0.4 is 0 Å². The summed E-state index contributed by atoms with van der Waals surface area (Å²) in [6.07, 6.45) is 0.788. The first-order valence-corrected chi connectivity index (χ1v) is 5.55. The minimum absolute atomic E-state index is 0.0996. The number of carbonyl (C=O) groups is 1. The molecule has 0 saturated heterocycles. The zero-order chi connectivity index (χ0) is 13.3. The maximum Gasteiger partial charge on any atom is 0.418 e. The molecule has 2 aromatic rings. The van der Waals surface area contributed by atoms with Gasteiger partial charge in [0.05, 0.1) is 27.5 Å². The fourth-order valence-electron chi connectivity index (χ4n) is 1.71. The van der Waals surface area contributed by atoms with Gasteiger partial charge in [-0.3, -0.25) is 14.7 Å². The topological polar surface area (TPSA) is 74.4 Å². The van der Waals surface area contributed by atoms with Gasteiger partial charge in [0.25, 0.3) is 5.69 Å². The number of halogens is 1. The lowest BCUT2D eigenvalue weighted by Crippen LogP contribution is -2.12. The molecule has 0 unspecified atom stereocenters. The average Bonchev–Trinajstić information content (AvgIpc) is 2.74. The van der Waals surface area contributed by atoms with E-state index in [0.717, 1.165) is 4.57 Å². The second-order valence-electron chi connectivity index (χ2n) is 3.47. The summed E-state index contributed by atoms with van der Waals surface area (Å²) in [5.74, 6) is 0. The first kappa shape index (κ1) is 12.4. The number of aromatic nitrogens is 1. The molecule has 6 nitrogen and oxygen atoms in total. The van der Waals surface area contributed by atoms with E-state index in [1.165, 1.54) is 24.4 Å². The number of nitro benzene ring substituents is 1. The summed E-state index contributed by atoms with van der Waals surface area (Å²) in [6, 6.07) is 4.16. The summed E-state index contributed by atoms with van der Waals surface area (Å²) in [7, 11) is 0. The van der Waals surface area contributed by atoms with E-state index in [1.807, 2.05) is 0 Å². The molecule has 0 fully saturated rings. The van der Waals surface area contributed by atoms with Crippen molar-refractivity contribution in [1.29, 1.82) is 0 Å². The molecule has 0 spiro atoms. The molecule has 0 aliphatic carbocycles. The third-order valence-electron chi connectivity index (χ3n) is 2.44. The Hall–Kier alpha value is -2.08. The second-order valence-corrected chi connectivity index (χ2v) is 3.88. The number of nitrogens with zero attached hydrogens (tertiary/aromatic N) is 2. The van der Waals surface area contributed by atoms with Gasteiger partial charge in [-0.15, -0.1) is 0 Å². The van der Waals surface area contributed by atoms with Gasteiger partial charge in [0, 0.05) is 12.3 Å². The van der Waals surface area contributed by atoms with E-state index in [2.05, 4.69) is 0 Å². The lowest BCUT2D eigenvalue weighted by Gasteiger charge is -2.05. The molecule has 0 bridgehead atoms. The molecule has 7 heteroatoms. The van der Waals surface area contributed by atoms with Crippen molar-refractivity contribution in [1.82, 2.24) is 4.57 Å². The van der Waals surface area contributed by atoms with Crippen molar-refractivity contribution in [2.24, 2.45) is 0 Å². The SMILES string of the molecule is CCOC(=O)n1ccc2c([N+](=O)[O-])ccc(Cl)c21. The van der Waals surface area contributed by atoms with Gasteiger partial charge in [0.2, 0.25) is 0 Å². The van der Waals surface area contributed by atoms with Gasteiger partial charge in [0.1, 0.15) is 0 Å². The predicted octanol–water partition coefficient (Wildman–Crippen LogP) is 3.21. The smallest absolute Gasteiger partial charge is 0.418 e. The van der Waals surface area contributed by atoms with Crippen LogP contribution in [0.5, 0.6) is 0 Å². The van der Waals surface area contributed by atoms with Gasteiger partial charge in [-0.05, 0) is 19.1 Å². The van der Waals surface area contributed by atoms with Crippen molar-refractivity contribution >= 4 is 34.3 Å². The van der Waals surface area contributed by atoms with E-state index >= 15 is 0 Å². The van der Waals surface area contributed by atoms with Gasteiger partial charge >= 0.3 is 6.09 Å². The number of benzene rings is 1. The lowest BCUT2D eigenvalue weighted by atomic mass is 10.2. The average molecular weight is 269 g/mol. The van der Waals surface area contributed by atoms with Gasteiger partial charge in [-0.1, -0.05) is 11.6 Å². The Morgan fingerprint density at radius 1 is 1.50 bits per heavy atom. The molecule has 0 aliphatic heterocycles. The number of carbonyl (C=O) groups excluding carboxylic acids is 1. The molecule has 2 rings (SSSR count). The van der Waals surface area contributed by atoms with Crippen LogP contribution in [0.25, 0.3) is 10.9 Å². The Labute approximate surface area is 107 Å². The molecule has 1 aromatic heterocycles. The summed E-state index contributed by atoms with van der Waals surface area (Å²) in [5, 5.41) is 11.4. The quantitative estimate of drug-likeness (QED) is 0.619. The molecule has 0 N–H and O–H groups in total. The molecule has 0 atom stereocenters. The van der Waals surface area contributed by atoms with Crippen molar-refractivity contribution in [2.45, 2.75) is 6.92 Å². The highest BCUT2D eigenvalue weighted by molar-refractivity contribution is 6.35. The molecule has 0 radical (unpaired) electrons. The number of nitro groups is 1. The maximum atomic E-state index is 11.7. The molecule has 18 heavy (non-hydrogen) atoms. The Morgan fingerprint density at radius 3 is 2.83 bits per heavy atom. The zero-order valence-corrected chi connectivity index (χ0v) is 10.2. The normalized spacial score (nSPS) is 10.6. The number of non-ortho nitro benzene ring substituents is 1. The largest absolute Gasteiger partial charge is 0.449 e. The van der Waals surface area contributed by atoms with Crippen LogP contribution >= 0.6 is 11.6 Å². The van der Waals surface area contributed by atoms with E-state index in [-0.39, 0.29) is 22.8 Å². The number of hydrogen-bond donors (Lipinski definition) is 0. The zero-order valence-electron chi connectivity index (χ0n) is 9.42. The third kappa shape index (κ3) is 1.91. The molecule has 0 amide bonds. The monoisotopic (exact) mass is 268 g/mol. The Morgan fingerprint density at radius 2 is 2.22 bits per heavy atom. The number of fused-ring (bicyclic) bond motifs is 1. The van der Waals surface area contributed by atoms with Gasteiger partial charge in [0.15, 0.2) is 0 Å². The summed E-state index contributed by atoms with van der Waals surface area (Å²) in [6.45, 7) is 1.89. The van der Waals surface area contributed by atoms with Gasteiger partial charge < -0.3 is 4.74 Å². The maximum absolute atomic E-state index is 11.7. The Bertz CT molecular complexity index is 635. The standard InChI is InChI=1S/C11H9ClN2O4/c1-2-18-11(15)13-6-5-7-9(14(16)17)4-3-8(12)10(7)13/h3-6H,2H2,1H3. The van der Waals surface area contributed by atoms with E-state index in [0.29, 0.717) is 5.39 Å². The van der Waals surface area contributed by atoms with Crippen LogP contribution in [0.1, 0.15) is 6.92 Å². The molecular formula is C11H9ClN2O4. The van der Waals surface area contributed by atoms with Crippen LogP contribution in [0, 0.1) is 10.1 Å². The van der Waals surface area contributed by atoms with Crippen molar-refractivity contribution in [3.05, 3.63) is 39.5 Å². The van der Waals surface area contributed by atoms with Gasteiger partial charge in [-0.2, -0.15) is 0 Å². The molecule has 1 heterocycles. The van der Waals surface area contributed by atoms with Crippen molar-refractivity contribution < 1.29 is 14.5 Å². The van der Waals surface area contributed by atoms with Crippen molar-refractivity contribution in [3.8, 4) is 0 Å². The highest BCUT2D eigenvalue weighted by atomic mass is 35.5. The van der Waals surface area contributed by atoms with E-state index in [9.17, 15) is 14.9 Å². The van der Waals surface area contributed by atoms with E-state index in [1.54, 1.807) is 6.92 Å². The molecule has 0 saturated carbocycles. The minimum atomic E-state index is -0.616. The summed E-state index contributed by atoms with van der Waals surface area (Å²) < 4.78 is 6.01. The summed E-state index contributed by atoms with van der Waals surface area (Å²) in [4.78, 5) is 22.0. The fraction of sp³-hybridized carbons (Fsp3) is 0.182. The Balaban J connectivity index is 2.69. The van der Waals surface area contributed by atoms with E-state index in [4.69, 9.17) is 16.3 Å². The first-order chi connectivity index (χ1) is 8.56. The summed E-state index contributed by atoms with van der Waals surface area (Å²) >= 11 is 5.97. The van der Waals surface area contributed by atoms with Gasteiger partial charge in [-0.25, -0.2) is 4.79 Å². The predicted molar refractivity (Wildman–Crippen MR) is 66.0 cm³/mol. The van der Waals surface area contributed by atoms with Crippen LogP contribution in [0.4, 0.5) is 10.5 Å². The number of ether oxygens (including phenoxy) is 1. The van der Waals surface area contributed by atoms with Crippen molar-refractivity contribution in [3.63, 3.8) is 0 Å².